The van der Waals surface area contributed by atoms with E-state index in [0.29, 0.717) is 11.6 Å². The van der Waals surface area contributed by atoms with Crippen molar-refractivity contribution in [3.05, 3.63) is 231 Å². The van der Waals surface area contributed by atoms with E-state index in [9.17, 15) is 0 Å². The van der Waals surface area contributed by atoms with Gasteiger partial charge in [0.05, 0.1) is 22.6 Å². The van der Waals surface area contributed by atoms with E-state index in [-0.39, 0.29) is 0 Å². The third-order valence-corrected chi connectivity index (χ3v) is 13.2. The molecule has 0 unspecified atom stereocenters. The van der Waals surface area contributed by atoms with E-state index >= 15 is 0 Å². The minimum absolute atomic E-state index is 0.687. The second kappa shape index (κ2) is 16.4. The van der Waals surface area contributed by atoms with Crippen molar-refractivity contribution in [2.24, 2.45) is 0 Å². The number of thiophene rings is 1. The lowest BCUT2D eigenvalue weighted by atomic mass is 9.94. The van der Waals surface area contributed by atoms with Crippen molar-refractivity contribution in [3.63, 3.8) is 0 Å². The number of hydrogen-bond donors (Lipinski definition) is 0. The van der Waals surface area contributed by atoms with E-state index in [1.54, 1.807) is 11.3 Å². The highest BCUT2D eigenvalue weighted by molar-refractivity contribution is 7.25. The van der Waals surface area contributed by atoms with Gasteiger partial charge in [0.25, 0.3) is 0 Å². The molecule has 0 fully saturated rings. The van der Waals surface area contributed by atoms with Gasteiger partial charge in [-0.15, -0.1) is 11.3 Å². The van der Waals surface area contributed by atoms with Gasteiger partial charge < -0.3 is 0 Å². The molecular weight excluding hydrogens is 809 g/mol. The lowest BCUT2D eigenvalue weighted by Crippen LogP contribution is -1.96. The Morgan fingerprint density at radius 1 is 0.246 bits per heavy atom. The van der Waals surface area contributed by atoms with Gasteiger partial charge in [-0.25, -0.2) is 19.9 Å². The zero-order valence-corrected chi connectivity index (χ0v) is 36.0. The molecule has 9 aromatic carbocycles. The first-order chi connectivity index (χ1) is 32.2. The first-order valence-electron chi connectivity index (χ1n) is 21.8. The quantitative estimate of drug-likeness (QED) is 0.153. The van der Waals surface area contributed by atoms with Crippen LogP contribution in [0.15, 0.2) is 231 Å². The number of benzene rings is 9. The van der Waals surface area contributed by atoms with Gasteiger partial charge >= 0.3 is 0 Å². The number of fused-ring (bicyclic) bond motifs is 4. The molecule has 304 valence electrons. The summed E-state index contributed by atoms with van der Waals surface area (Å²) in [6, 6.07) is 81.1. The van der Waals surface area contributed by atoms with Crippen LogP contribution in [0.1, 0.15) is 0 Å². The van der Waals surface area contributed by atoms with Crippen LogP contribution in [0.2, 0.25) is 0 Å². The Morgan fingerprint density at radius 3 is 1.35 bits per heavy atom. The molecule has 12 aromatic rings. The van der Waals surface area contributed by atoms with E-state index < -0.39 is 0 Å². The highest BCUT2D eigenvalue weighted by Crippen LogP contribution is 2.40. The topological polar surface area (TPSA) is 51.6 Å². The van der Waals surface area contributed by atoms with Crippen LogP contribution in [0.4, 0.5) is 0 Å². The average molecular weight is 847 g/mol. The largest absolute Gasteiger partial charge is 0.228 e. The summed E-state index contributed by atoms with van der Waals surface area (Å²) in [5.74, 6) is 1.39. The highest BCUT2D eigenvalue weighted by atomic mass is 32.1. The Labute approximate surface area is 380 Å². The summed E-state index contributed by atoms with van der Waals surface area (Å²) in [5, 5.41) is 3.44. The fourth-order valence-corrected chi connectivity index (χ4v) is 9.99. The van der Waals surface area contributed by atoms with Crippen LogP contribution in [0.3, 0.4) is 0 Å². The van der Waals surface area contributed by atoms with Crippen molar-refractivity contribution < 1.29 is 0 Å². The van der Waals surface area contributed by atoms with Gasteiger partial charge in [0.1, 0.15) is 0 Å². The van der Waals surface area contributed by atoms with Crippen LogP contribution in [-0.4, -0.2) is 19.9 Å². The van der Waals surface area contributed by atoms with Gasteiger partial charge in [0.15, 0.2) is 11.6 Å². The van der Waals surface area contributed by atoms with E-state index in [0.717, 1.165) is 83.6 Å². The fraction of sp³-hybridized carbons (Fsp3) is 0. The SMILES string of the molecule is c1ccc(-c2cc(-c3ccccc3)cc(-c3cc(-c4ccc5c(c4)sc4cc(-c6nc(-c7cccc(-c8ccccc8)c7)c7ccccc7n6)ccc45)nc(-c4ccccc4)n3)c2)cc1. The molecular formula is C60H38N4S. The standard InChI is InChI=1S/C60H38N4S/c1-5-16-39(17-6-1)43-24-15-25-45(32-43)58-52-26-13-14-27-53(52)61-60(64-58)46-29-31-51-50-30-28-44(36-56(50)65-57(51)37-46)54-38-55(63-59(62-54)42-22-11-4-12-23-42)49-34-47(40-18-7-2-8-19-40)33-48(35-49)41-20-9-3-10-21-41/h1-38H. The summed E-state index contributed by atoms with van der Waals surface area (Å²) in [6.07, 6.45) is 0. The van der Waals surface area contributed by atoms with E-state index in [1.807, 2.05) is 30.3 Å². The molecule has 0 radical (unpaired) electrons. The zero-order chi connectivity index (χ0) is 43.1. The molecule has 5 heteroatoms. The Balaban J connectivity index is 0.960. The van der Waals surface area contributed by atoms with Gasteiger partial charge in [0.2, 0.25) is 0 Å². The second-order valence-corrected chi connectivity index (χ2v) is 17.3. The van der Waals surface area contributed by atoms with E-state index in [4.69, 9.17) is 19.9 Å². The molecule has 3 heterocycles. The van der Waals surface area contributed by atoms with Gasteiger partial charge in [-0.05, 0) is 81.9 Å². The van der Waals surface area contributed by atoms with Crippen molar-refractivity contribution in [1.29, 1.82) is 0 Å². The number of hydrogen-bond acceptors (Lipinski definition) is 5. The van der Waals surface area contributed by atoms with Crippen molar-refractivity contribution in [2.75, 3.05) is 0 Å². The van der Waals surface area contributed by atoms with Crippen LogP contribution >= 0.6 is 11.3 Å². The molecule has 0 aliphatic heterocycles. The lowest BCUT2D eigenvalue weighted by Gasteiger charge is -2.13. The predicted octanol–water partition coefficient (Wildman–Crippen LogP) is 16.1. The summed E-state index contributed by atoms with van der Waals surface area (Å²) in [4.78, 5) is 20.9. The first kappa shape index (κ1) is 38.3. The summed E-state index contributed by atoms with van der Waals surface area (Å²) in [6.45, 7) is 0. The van der Waals surface area contributed by atoms with Crippen molar-refractivity contribution in [2.45, 2.75) is 0 Å². The molecule has 3 aromatic heterocycles. The smallest absolute Gasteiger partial charge is 0.160 e. The van der Waals surface area contributed by atoms with E-state index in [1.165, 1.54) is 25.7 Å². The Hall–Kier alpha value is -8.38. The van der Waals surface area contributed by atoms with Crippen molar-refractivity contribution in [1.82, 2.24) is 19.9 Å². The van der Waals surface area contributed by atoms with Crippen molar-refractivity contribution in [3.8, 4) is 89.9 Å². The van der Waals surface area contributed by atoms with Crippen LogP contribution < -0.4 is 0 Å². The average Bonchev–Trinajstić information content (AvgIpc) is 3.76. The minimum Gasteiger partial charge on any atom is -0.228 e. The number of rotatable bonds is 8. The Morgan fingerprint density at radius 2 is 0.708 bits per heavy atom. The van der Waals surface area contributed by atoms with Gasteiger partial charge in [-0.1, -0.05) is 182 Å². The molecule has 0 atom stereocenters. The van der Waals surface area contributed by atoms with Crippen LogP contribution in [0.25, 0.3) is 121 Å². The number of aromatic nitrogens is 4. The molecule has 65 heavy (non-hydrogen) atoms. The molecule has 0 saturated carbocycles. The molecule has 0 aliphatic rings. The van der Waals surface area contributed by atoms with Gasteiger partial charge in [0, 0.05) is 53.4 Å². The molecule has 0 bridgehead atoms. The van der Waals surface area contributed by atoms with Crippen LogP contribution in [0, 0.1) is 0 Å². The molecule has 0 amide bonds. The summed E-state index contributed by atoms with van der Waals surface area (Å²) in [5.41, 5.74) is 15.6. The fourth-order valence-electron chi connectivity index (χ4n) is 8.81. The maximum absolute atomic E-state index is 5.28. The zero-order valence-electron chi connectivity index (χ0n) is 35.1. The summed E-state index contributed by atoms with van der Waals surface area (Å²) in [7, 11) is 0. The molecule has 0 spiro atoms. The Bertz CT molecular complexity index is 3640. The molecule has 0 aliphatic carbocycles. The monoisotopic (exact) mass is 846 g/mol. The normalized spacial score (nSPS) is 11.4. The third kappa shape index (κ3) is 7.44. The van der Waals surface area contributed by atoms with Gasteiger partial charge in [-0.2, -0.15) is 0 Å². The maximum Gasteiger partial charge on any atom is 0.160 e. The van der Waals surface area contributed by atoms with Crippen LogP contribution in [0.5, 0.6) is 0 Å². The maximum atomic E-state index is 5.28. The summed E-state index contributed by atoms with van der Waals surface area (Å²) >= 11 is 1.78. The molecule has 12 rings (SSSR count). The van der Waals surface area contributed by atoms with Crippen molar-refractivity contribution >= 4 is 42.4 Å². The molecule has 0 saturated heterocycles. The first-order valence-corrected chi connectivity index (χ1v) is 22.6. The van der Waals surface area contributed by atoms with E-state index in [2.05, 4.69) is 200 Å². The Kier molecular flexibility index (Phi) is 9.66. The third-order valence-electron chi connectivity index (χ3n) is 12.1. The molecule has 4 nitrogen and oxygen atoms in total. The summed E-state index contributed by atoms with van der Waals surface area (Å²) < 4.78 is 2.37. The lowest BCUT2D eigenvalue weighted by molar-refractivity contribution is 1.18. The number of nitrogens with zero attached hydrogens (tertiary/aromatic N) is 4. The van der Waals surface area contributed by atoms with Crippen LogP contribution in [-0.2, 0) is 0 Å². The second-order valence-electron chi connectivity index (χ2n) is 16.2. The predicted molar refractivity (Wildman–Crippen MR) is 272 cm³/mol. The van der Waals surface area contributed by atoms with Gasteiger partial charge in [-0.3, -0.25) is 0 Å². The molecule has 0 N–H and O–H groups in total. The number of para-hydroxylation sites is 1. The minimum atomic E-state index is 0.687. The highest BCUT2D eigenvalue weighted by Gasteiger charge is 2.17.